The maximum Gasteiger partial charge on any atom is 0.0639 e. The Morgan fingerprint density at radius 1 is 1.43 bits per heavy atom. The molecule has 1 heteroatoms. The lowest BCUT2D eigenvalue weighted by atomic mass is 9.98. The van der Waals surface area contributed by atoms with Gasteiger partial charge in [0.1, 0.15) is 0 Å². The Morgan fingerprint density at radius 2 is 2.21 bits per heavy atom. The molecule has 0 aromatic heterocycles. The Labute approximate surface area is 88.5 Å². The molecule has 1 saturated heterocycles. The van der Waals surface area contributed by atoms with Crippen molar-refractivity contribution in [1.82, 2.24) is 0 Å². The van der Waals surface area contributed by atoms with Crippen LogP contribution in [0.1, 0.15) is 52.9 Å². The maximum absolute atomic E-state index is 6.03. The minimum atomic E-state index is 0.480. The normalized spacial score (nSPS) is 32.9. The van der Waals surface area contributed by atoms with E-state index in [1.165, 1.54) is 25.7 Å². The van der Waals surface area contributed by atoms with Gasteiger partial charge in [0.25, 0.3) is 0 Å². The lowest BCUT2D eigenvalue weighted by molar-refractivity contribution is 0.0331. The zero-order chi connectivity index (χ0) is 10.4. The predicted octanol–water partition coefficient (Wildman–Crippen LogP) is 3.94. The molecule has 0 aliphatic carbocycles. The van der Waals surface area contributed by atoms with Crippen molar-refractivity contribution in [3.05, 3.63) is 12.2 Å². The molecule has 1 nitrogen and oxygen atoms in total. The van der Waals surface area contributed by atoms with Crippen LogP contribution in [0.2, 0.25) is 0 Å². The van der Waals surface area contributed by atoms with E-state index in [0.29, 0.717) is 12.2 Å². The Hall–Kier alpha value is -0.300. The fourth-order valence-electron chi connectivity index (χ4n) is 2.18. The van der Waals surface area contributed by atoms with E-state index in [2.05, 4.69) is 32.9 Å². The summed E-state index contributed by atoms with van der Waals surface area (Å²) in [6, 6.07) is 0. The van der Waals surface area contributed by atoms with Crippen molar-refractivity contribution in [2.24, 2.45) is 5.92 Å². The molecule has 3 atom stereocenters. The Balaban J connectivity index is 2.27. The van der Waals surface area contributed by atoms with E-state index >= 15 is 0 Å². The summed E-state index contributed by atoms with van der Waals surface area (Å²) >= 11 is 0. The fourth-order valence-corrected chi connectivity index (χ4v) is 2.18. The van der Waals surface area contributed by atoms with Crippen molar-refractivity contribution in [3.63, 3.8) is 0 Å². The Kier molecular flexibility index (Phi) is 5.24. The standard InChI is InChI=1S/C13H24O/c1-4-6-8-12-10-11(3)13(14-12)9-7-5-2/h5,7,11-13H,4,6,8-10H2,1-3H3/b7-5+/t11?,12?,13-/m0/s1. The smallest absolute Gasteiger partial charge is 0.0639 e. The minimum Gasteiger partial charge on any atom is -0.374 e. The zero-order valence-corrected chi connectivity index (χ0v) is 9.83. The molecule has 1 aliphatic rings. The molecule has 14 heavy (non-hydrogen) atoms. The number of rotatable bonds is 5. The SMILES string of the molecule is C/C=C/C[C@@H]1OC(CCCC)CC1C. The van der Waals surface area contributed by atoms with Crippen molar-refractivity contribution in [3.8, 4) is 0 Å². The Morgan fingerprint density at radius 3 is 2.86 bits per heavy atom. The summed E-state index contributed by atoms with van der Waals surface area (Å²) in [6.07, 6.45) is 11.6. The number of allylic oxidation sites excluding steroid dienone is 1. The third-order valence-electron chi connectivity index (χ3n) is 3.12. The number of unbranched alkanes of at least 4 members (excludes halogenated alkanes) is 1. The lowest BCUT2D eigenvalue weighted by Crippen LogP contribution is -2.13. The summed E-state index contributed by atoms with van der Waals surface area (Å²) in [4.78, 5) is 0. The first-order valence-electron chi connectivity index (χ1n) is 6.04. The van der Waals surface area contributed by atoms with Crippen LogP contribution in [-0.2, 0) is 4.74 Å². The average molecular weight is 196 g/mol. The molecular weight excluding hydrogens is 172 g/mol. The van der Waals surface area contributed by atoms with Gasteiger partial charge in [0.15, 0.2) is 0 Å². The van der Waals surface area contributed by atoms with Gasteiger partial charge in [0.05, 0.1) is 12.2 Å². The van der Waals surface area contributed by atoms with E-state index in [9.17, 15) is 0 Å². The highest BCUT2D eigenvalue weighted by Crippen LogP contribution is 2.30. The van der Waals surface area contributed by atoms with Gasteiger partial charge in [-0.05, 0) is 32.1 Å². The van der Waals surface area contributed by atoms with Crippen LogP contribution in [-0.4, -0.2) is 12.2 Å². The van der Waals surface area contributed by atoms with E-state index in [0.717, 1.165) is 12.3 Å². The highest BCUT2D eigenvalue weighted by atomic mass is 16.5. The van der Waals surface area contributed by atoms with Crippen molar-refractivity contribution in [2.75, 3.05) is 0 Å². The van der Waals surface area contributed by atoms with Crippen molar-refractivity contribution >= 4 is 0 Å². The molecule has 82 valence electrons. The van der Waals surface area contributed by atoms with Gasteiger partial charge in [-0.2, -0.15) is 0 Å². The molecule has 2 unspecified atom stereocenters. The van der Waals surface area contributed by atoms with Gasteiger partial charge in [0, 0.05) is 0 Å². The molecule has 0 saturated carbocycles. The van der Waals surface area contributed by atoms with Crippen LogP contribution in [0.5, 0.6) is 0 Å². The van der Waals surface area contributed by atoms with Crippen LogP contribution in [0.4, 0.5) is 0 Å². The van der Waals surface area contributed by atoms with E-state index in [4.69, 9.17) is 4.74 Å². The molecule has 0 spiro atoms. The van der Waals surface area contributed by atoms with Gasteiger partial charge >= 0.3 is 0 Å². The van der Waals surface area contributed by atoms with Crippen LogP contribution in [0.15, 0.2) is 12.2 Å². The molecule has 1 heterocycles. The van der Waals surface area contributed by atoms with Crippen LogP contribution in [0.3, 0.4) is 0 Å². The first-order valence-corrected chi connectivity index (χ1v) is 6.04. The van der Waals surface area contributed by atoms with Crippen molar-refractivity contribution in [2.45, 2.75) is 65.1 Å². The average Bonchev–Trinajstić information content (AvgIpc) is 2.53. The summed E-state index contributed by atoms with van der Waals surface area (Å²) < 4.78 is 6.03. The second kappa shape index (κ2) is 6.23. The summed E-state index contributed by atoms with van der Waals surface area (Å²) in [5.74, 6) is 0.744. The van der Waals surface area contributed by atoms with Gasteiger partial charge in [-0.3, -0.25) is 0 Å². The highest BCUT2D eigenvalue weighted by Gasteiger charge is 2.30. The molecule has 0 aromatic rings. The first-order chi connectivity index (χ1) is 6.77. The maximum atomic E-state index is 6.03. The first kappa shape index (κ1) is 11.8. The third kappa shape index (κ3) is 3.45. The van der Waals surface area contributed by atoms with Gasteiger partial charge in [-0.25, -0.2) is 0 Å². The second-order valence-electron chi connectivity index (χ2n) is 4.46. The van der Waals surface area contributed by atoms with Crippen molar-refractivity contribution in [1.29, 1.82) is 0 Å². The fraction of sp³-hybridized carbons (Fsp3) is 0.846. The molecule has 1 aliphatic heterocycles. The van der Waals surface area contributed by atoms with Crippen molar-refractivity contribution < 1.29 is 4.74 Å². The monoisotopic (exact) mass is 196 g/mol. The molecular formula is C13H24O. The summed E-state index contributed by atoms with van der Waals surface area (Å²) in [5, 5.41) is 0. The van der Waals surface area contributed by atoms with Gasteiger partial charge in [0.2, 0.25) is 0 Å². The highest BCUT2D eigenvalue weighted by molar-refractivity contribution is 4.87. The molecule has 0 N–H and O–H groups in total. The Bertz CT molecular complexity index is 174. The number of hydrogen-bond acceptors (Lipinski definition) is 1. The second-order valence-corrected chi connectivity index (χ2v) is 4.46. The van der Waals surface area contributed by atoms with E-state index in [1.807, 2.05) is 0 Å². The van der Waals surface area contributed by atoms with Crippen LogP contribution in [0.25, 0.3) is 0 Å². The summed E-state index contributed by atoms with van der Waals surface area (Å²) in [7, 11) is 0. The van der Waals surface area contributed by atoms with E-state index < -0.39 is 0 Å². The molecule has 0 amide bonds. The third-order valence-corrected chi connectivity index (χ3v) is 3.12. The molecule has 0 bridgehead atoms. The quantitative estimate of drug-likeness (QED) is 0.605. The van der Waals surface area contributed by atoms with Crippen LogP contribution < -0.4 is 0 Å². The minimum absolute atomic E-state index is 0.480. The molecule has 1 rings (SSSR count). The van der Waals surface area contributed by atoms with Gasteiger partial charge in [-0.1, -0.05) is 38.8 Å². The topological polar surface area (TPSA) is 9.23 Å². The van der Waals surface area contributed by atoms with E-state index in [1.54, 1.807) is 0 Å². The molecule has 0 aromatic carbocycles. The van der Waals surface area contributed by atoms with Gasteiger partial charge < -0.3 is 4.74 Å². The molecule has 1 fully saturated rings. The van der Waals surface area contributed by atoms with Gasteiger partial charge in [-0.15, -0.1) is 0 Å². The number of ether oxygens (including phenoxy) is 1. The van der Waals surface area contributed by atoms with Crippen LogP contribution >= 0.6 is 0 Å². The van der Waals surface area contributed by atoms with Crippen LogP contribution in [0, 0.1) is 5.92 Å². The largest absolute Gasteiger partial charge is 0.374 e. The zero-order valence-electron chi connectivity index (χ0n) is 9.83. The number of hydrogen-bond donors (Lipinski definition) is 0. The van der Waals surface area contributed by atoms with E-state index in [-0.39, 0.29) is 0 Å². The molecule has 0 radical (unpaired) electrons. The predicted molar refractivity (Wildman–Crippen MR) is 61.4 cm³/mol. The summed E-state index contributed by atoms with van der Waals surface area (Å²) in [5.41, 5.74) is 0. The lowest BCUT2D eigenvalue weighted by Gasteiger charge is -2.13. The summed E-state index contributed by atoms with van der Waals surface area (Å²) in [6.45, 7) is 6.64.